The Morgan fingerprint density at radius 3 is 2.50 bits per heavy atom. The topological polar surface area (TPSA) is 66.8 Å². The van der Waals surface area contributed by atoms with Gasteiger partial charge in [0.25, 0.3) is 5.91 Å². The first-order valence-corrected chi connectivity index (χ1v) is 8.14. The molecule has 1 aromatic heterocycles. The number of hydrogen-bond donors (Lipinski definition) is 1. The first kappa shape index (κ1) is 19.4. The van der Waals surface area contributed by atoms with Gasteiger partial charge in [0, 0.05) is 12.1 Å². The van der Waals surface area contributed by atoms with E-state index >= 15 is 0 Å². The van der Waals surface area contributed by atoms with Gasteiger partial charge in [0.15, 0.2) is 5.13 Å². The first-order valence-electron chi connectivity index (χ1n) is 7.26. The molecule has 0 atom stereocenters. The lowest BCUT2D eigenvalue weighted by molar-refractivity contribution is -0.274. The second kappa shape index (κ2) is 8.00. The highest BCUT2D eigenvalue weighted by molar-refractivity contribution is 7.13. The fraction of sp³-hybridized carbons (Fsp3) is 0.188. The standard InChI is InChI=1S/C16H15F3N4O2S/c1-4-13(14(24)22-15-21-10(2)9-26-15)23(20-3)11-5-7-12(8-6-11)25-16(17,18)19/h4-9H,3H2,1-2H3,(H,21,22,24)/b13-4-. The molecular formula is C16H15F3N4O2S. The molecule has 1 aromatic carbocycles. The Morgan fingerprint density at radius 2 is 2.04 bits per heavy atom. The van der Waals surface area contributed by atoms with Crippen molar-refractivity contribution in [3.05, 3.63) is 47.1 Å². The molecule has 0 unspecified atom stereocenters. The molecule has 26 heavy (non-hydrogen) atoms. The summed E-state index contributed by atoms with van der Waals surface area (Å²) in [5, 5.41) is 9.82. The monoisotopic (exact) mass is 384 g/mol. The van der Waals surface area contributed by atoms with Gasteiger partial charge in [-0.1, -0.05) is 6.08 Å². The number of aryl methyl sites for hydroxylation is 1. The zero-order chi connectivity index (χ0) is 19.3. The van der Waals surface area contributed by atoms with Crippen LogP contribution in [0.25, 0.3) is 0 Å². The second-order valence-electron chi connectivity index (χ2n) is 4.92. The Bertz CT molecular complexity index is 816. The number of alkyl halides is 3. The molecule has 1 heterocycles. The summed E-state index contributed by atoms with van der Waals surface area (Å²) in [6, 6.07) is 4.91. The number of anilines is 2. The number of carbonyl (C=O) groups excluding carboxylic acids is 1. The van der Waals surface area contributed by atoms with E-state index in [1.54, 1.807) is 19.2 Å². The van der Waals surface area contributed by atoms with Crippen molar-refractivity contribution in [2.24, 2.45) is 5.10 Å². The summed E-state index contributed by atoms with van der Waals surface area (Å²) < 4.78 is 40.5. The minimum Gasteiger partial charge on any atom is -0.406 e. The van der Waals surface area contributed by atoms with Crippen LogP contribution in [0.5, 0.6) is 5.75 Å². The van der Waals surface area contributed by atoms with Crippen LogP contribution < -0.4 is 15.1 Å². The van der Waals surface area contributed by atoms with Crippen LogP contribution in [0.15, 0.2) is 46.5 Å². The van der Waals surface area contributed by atoms with Gasteiger partial charge in [-0.3, -0.25) is 10.1 Å². The Labute approximate surface area is 151 Å². The molecule has 10 heteroatoms. The third-order valence-corrected chi connectivity index (χ3v) is 3.91. The molecule has 0 bridgehead atoms. The highest BCUT2D eigenvalue weighted by Gasteiger charge is 2.31. The van der Waals surface area contributed by atoms with Crippen LogP contribution in [0.2, 0.25) is 0 Å². The molecule has 6 nitrogen and oxygen atoms in total. The molecule has 1 N–H and O–H groups in total. The van der Waals surface area contributed by atoms with Crippen molar-refractivity contribution in [3.63, 3.8) is 0 Å². The van der Waals surface area contributed by atoms with Crippen molar-refractivity contribution in [3.8, 4) is 5.75 Å². The van der Waals surface area contributed by atoms with Crippen molar-refractivity contribution in [2.75, 3.05) is 10.3 Å². The Morgan fingerprint density at radius 1 is 1.38 bits per heavy atom. The number of carbonyl (C=O) groups is 1. The Balaban J connectivity index is 2.19. The summed E-state index contributed by atoms with van der Waals surface area (Å²) >= 11 is 1.27. The van der Waals surface area contributed by atoms with Gasteiger partial charge in [0.1, 0.15) is 11.4 Å². The predicted molar refractivity (Wildman–Crippen MR) is 94.4 cm³/mol. The molecule has 2 rings (SSSR count). The zero-order valence-corrected chi connectivity index (χ0v) is 14.7. The van der Waals surface area contributed by atoms with E-state index in [0.29, 0.717) is 10.8 Å². The van der Waals surface area contributed by atoms with Crippen LogP contribution in [-0.2, 0) is 4.79 Å². The van der Waals surface area contributed by atoms with Gasteiger partial charge < -0.3 is 4.74 Å². The van der Waals surface area contributed by atoms with Gasteiger partial charge in [-0.25, -0.2) is 9.99 Å². The predicted octanol–water partition coefficient (Wildman–Crippen LogP) is 4.31. The molecule has 0 saturated carbocycles. The number of halogens is 3. The highest BCUT2D eigenvalue weighted by Crippen LogP contribution is 2.27. The van der Waals surface area contributed by atoms with Crippen LogP contribution >= 0.6 is 11.3 Å². The number of amides is 1. The largest absolute Gasteiger partial charge is 0.573 e. The van der Waals surface area contributed by atoms with Crippen molar-refractivity contribution in [2.45, 2.75) is 20.2 Å². The summed E-state index contributed by atoms with van der Waals surface area (Å²) in [5.74, 6) is -0.861. The highest BCUT2D eigenvalue weighted by atomic mass is 32.1. The number of thiazole rings is 1. The van der Waals surface area contributed by atoms with E-state index in [1.165, 1.54) is 34.6 Å². The maximum atomic E-state index is 12.5. The molecule has 0 aliphatic carbocycles. The van der Waals surface area contributed by atoms with Crippen LogP contribution in [0.4, 0.5) is 24.0 Å². The van der Waals surface area contributed by atoms with Gasteiger partial charge in [0.05, 0.1) is 11.4 Å². The minimum absolute atomic E-state index is 0.136. The van der Waals surface area contributed by atoms with Gasteiger partial charge >= 0.3 is 6.36 Å². The van der Waals surface area contributed by atoms with E-state index < -0.39 is 12.3 Å². The summed E-state index contributed by atoms with van der Waals surface area (Å²) in [7, 11) is 0. The SMILES string of the molecule is C=NN(/C(=C\C)C(=O)Nc1nc(C)cs1)c1ccc(OC(F)(F)F)cc1. The summed E-state index contributed by atoms with van der Waals surface area (Å²) in [6.07, 6.45) is -3.28. The second-order valence-corrected chi connectivity index (χ2v) is 5.78. The molecular weight excluding hydrogens is 369 g/mol. The Kier molecular flexibility index (Phi) is 5.98. The van der Waals surface area contributed by atoms with Crippen molar-refractivity contribution in [1.82, 2.24) is 4.98 Å². The number of aromatic nitrogens is 1. The third kappa shape index (κ3) is 5.06. The maximum Gasteiger partial charge on any atom is 0.573 e. The van der Waals surface area contributed by atoms with Crippen molar-refractivity contribution < 1.29 is 22.7 Å². The van der Waals surface area contributed by atoms with Crippen molar-refractivity contribution >= 4 is 34.8 Å². The quantitative estimate of drug-likeness (QED) is 0.458. The van der Waals surface area contributed by atoms with Gasteiger partial charge in [-0.2, -0.15) is 5.10 Å². The van der Waals surface area contributed by atoms with Crippen LogP contribution in [0.3, 0.4) is 0 Å². The van der Waals surface area contributed by atoms with E-state index in [4.69, 9.17) is 0 Å². The maximum absolute atomic E-state index is 12.5. The number of ether oxygens (including phenoxy) is 1. The number of allylic oxidation sites excluding steroid dienone is 1. The van der Waals surface area contributed by atoms with Crippen LogP contribution in [-0.4, -0.2) is 24.0 Å². The first-order chi connectivity index (χ1) is 12.2. The summed E-state index contributed by atoms with van der Waals surface area (Å²) in [6.45, 7) is 6.84. The lowest BCUT2D eigenvalue weighted by atomic mass is 10.2. The molecule has 0 spiro atoms. The normalized spacial score (nSPS) is 11.8. The molecule has 138 valence electrons. The van der Waals surface area contributed by atoms with E-state index in [9.17, 15) is 18.0 Å². The molecule has 0 fully saturated rings. The lowest BCUT2D eigenvalue weighted by Crippen LogP contribution is -2.27. The lowest BCUT2D eigenvalue weighted by Gasteiger charge is -2.21. The number of hydrazone groups is 1. The van der Waals surface area contributed by atoms with Gasteiger partial charge in [0.2, 0.25) is 0 Å². The van der Waals surface area contributed by atoms with E-state index in [2.05, 4.69) is 26.9 Å². The fourth-order valence-corrected chi connectivity index (χ4v) is 2.69. The third-order valence-electron chi connectivity index (χ3n) is 3.03. The number of nitrogens with zero attached hydrogens (tertiary/aromatic N) is 3. The summed E-state index contributed by atoms with van der Waals surface area (Å²) in [5.41, 5.74) is 1.25. The number of benzene rings is 1. The zero-order valence-electron chi connectivity index (χ0n) is 13.9. The minimum atomic E-state index is -4.78. The van der Waals surface area contributed by atoms with Gasteiger partial charge in [-0.15, -0.1) is 24.5 Å². The summed E-state index contributed by atoms with van der Waals surface area (Å²) in [4.78, 5) is 16.6. The molecule has 0 aliphatic rings. The smallest absolute Gasteiger partial charge is 0.406 e. The fourth-order valence-electron chi connectivity index (χ4n) is 2.01. The number of hydrogen-bond acceptors (Lipinski definition) is 6. The number of rotatable bonds is 6. The molecule has 0 aliphatic heterocycles. The molecule has 0 radical (unpaired) electrons. The van der Waals surface area contributed by atoms with Crippen molar-refractivity contribution in [1.29, 1.82) is 0 Å². The molecule has 1 amide bonds. The average Bonchev–Trinajstić information content (AvgIpc) is 2.96. The molecule has 0 saturated heterocycles. The van der Waals surface area contributed by atoms with Gasteiger partial charge in [-0.05, 0) is 38.1 Å². The molecule has 2 aromatic rings. The van der Waals surface area contributed by atoms with Crippen LogP contribution in [0, 0.1) is 6.92 Å². The van der Waals surface area contributed by atoms with E-state index in [0.717, 1.165) is 17.8 Å². The van der Waals surface area contributed by atoms with Crippen LogP contribution in [0.1, 0.15) is 12.6 Å². The number of nitrogens with one attached hydrogen (secondary N) is 1. The van der Waals surface area contributed by atoms with E-state index in [1.807, 2.05) is 0 Å². The average molecular weight is 384 g/mol. The van der Waals surface area contributed by atoms with E-state index in [-0.39, 0.29) is 11.4 Å². The Hall–Kier alpha value is -2.88.